The summed E-state index contributed by atoms with van der Waals surface area (Å²) in [4.78, 5) is 4.63. The first kappa shape index (κ1) is 18.3. The van der Waals surface area contributed by atoms with E-state index in [0.717, 1.165) is 43.3 Å². The molecular formula is C16H23ClIN3. The van der Waals surface area contributed by atoms with Crippen LogP contribution in [0.5, 0.6) is 0 Å². The zero-order valence-electron chi connectivity index (χ0n) is 12.3. The number of nitrogens with zero attached hydrogens (tertiary/aromatic N) is 1. The Morgan fingerprint density at radius 3 is 2.52 bits per heavy atom. The average molecular weight is 420 g/mol. The van der Waals surface area contributed by atoms with Crippen molar-refractivity contribution < 1.29 is 0 Å². The summed E-state index contributed by atoms with van der Waals surface area (Å²) < 4.78 is 0. The zero-order chi connectivity index (χ0) is 14.2. The first-order valence-electron chi connectivity index (χ1n) is 7.22. The summed E-state index contributed by atoms with van der Waals surface area (Å²) in [6.45, 7) is 3.74. The van der Waals surface area contributed by atoms with Crippen molar-refractivity contribution in [1.82, 2.24) is 10.6 Å². The average Bonchev–Trinajstić information content (AvgIpc) is 2.94. The summed E-state index contributed by atoms with van der Waals surface area (Å²) in [5, 5.41) is 7.54. The van der Waals surface area contributed by atoms with E-state index >= 15 is 0 Å². The lowest BCUT2D eigenvalue weighted by molar-refractivity contribution is 0.633. The molecule has 0 aromatic heterocycles. The predicted octanol–water partition coefficient (Wildman–Crippen LogP) is 3.77. The van der Waals surface area contributed by atoms with Gasteiger partial charge >= 0.3 is 0 Å². The monoisotopic (exact) mass is 419 g/mol. The first-order valence-corrected chi connectivity index (χ1v) is 7.60. The first-order chi connectivity index (χ1) is 9.78. The molecule has 0 unspecified atom stereocenters. The zero-order valence-corrected chi connectivity index (χ0v) is 15.4. The summed E-state index contributed by atoms with van der Waals surface area (Å²) in [6, 6.07) is 8.45. The second-order valence-corrected chi connectivity index (χ2v) is 5.36. The maximum atomic E-state index is 5.88. The van der Waals surface area contributed by atoms with Crippen molar-refractivity contribution in [2.45, 2.75) is 32.2 Å². The van der Waals surface area contributed by atoms with Crippen LogP contribution >= 0.6 is 35.6 Å². The van der Waals surface area contributed by atoms with E-state index in [1.165, 1.54) is 5.56 Å². The molecule has 0 radical (unpaired) electrons. The van der Waals surface area contributed by atoms with Gasteiger partial charge in [-0.2, -0.15) is 0 Å². The molecule has 0 amide bonds. The van der Waals surface area contributed by atoms with E-state index in [0.29, 0.717) is 6.04 Å². The predicted molar refractivity (Wildman–Crippen MR) is 102 cm³/mol. The minimum Gasteiger partial charge on any atom is -0.357 e. The highest BCUT2D eigenvalue weighted by atomic mass is 127. The summed E-state index contributed by atoms with van der Waals surface area (Å²) in [5.74, 6) is 0.912. The fourth-order valence-corrected chi connectivity index (χ4v) is 2.32. The van der Waals surface area contributed by atoms with Crippen LogP contribution in [0.15, 0.2) is 41.4 Å². The quantitative estimate of drug-likeness (QED) is 0.330. The fraction of sp³-hybridized carbons (Fsp3) is 0.438. The van der Waals surface area contributed by atoms with E-state index in [-0.39, 0.29) is 24.0 Å². The van der Waals surface area contributed by atoms with Crippen LogP contribution in [0.25, 0.3) is 0 Å². The molecule has 2 rings (SSSR count). The van der Waals surface area contributed by atoms with Crippen LogP contribution < -0.4 is 10.6 Å². The fourth-order valence-electron chi connectivity index (χ4n) is 2.20. The third kappa shape index (κ3) is 6.70. The van der Waals surface area contributed by atoms with E-state index in [1.807, 2.05) is 12.1 Å². The lowest BCUT2D eigenvalue weighted by Gasteiger charge is -2.16. The molecule has 1 aliphatic carbocycles. The van der Waals surface area contributed by atoms with E-state index in [1.54, 1.807) is 0 Å². The number of nitrogens with one attached hydrogen (secondary N) is 2. The van der Waals surface area contributed by atoms with Crippen LogP contribution in [-0.4, -0.2) is 25.1 Å². The number of halogens is 2. The number of aliphatic imine (C=N–C) groups is 1. The van der Waals surface area contributed by atoms with Crippen molar-refractivity contribution in [3.05, 3.63) is 47.0 Å². The van der Waals surface area contributed by atoms with Crippen molar-refractivity contribution in [2.75, 3.05) is 13.1 Å². The van der Waals surface area contributed by atoms with Gasteiger partial charge in [0.05, 0.1) is 0 Å². The number of guanidine groups is 1. The highest BCUT2D eigenvalue weighted by Gasteiger charge is 2.11. The largest absolute Gasteiger partial charge is 0.357 e. The molecule has 0 saturated heterocycles. The van der Waals surface area contributed by atoms with Crippen molar-refractivity contribution in [2.24, 2.45) is 4.99 Å². The molecule has 0 saturated carbocycles. The van der Waals surface area contributed by atoms with Gasteiger partial charge in [-0.15, -0.1) is 24.0 Å². The van der Waals surface area contributed by atoms with Crippen LogP contribution in [-0.2, 0) is 6.42 Å². The Morgan fingerprint density at radius 2 is 1.90 bits per heavy atom. The Hall–Kier alpha value is -0.750. The maximum Gasteiger partial charge on any atom is 0.191 e. The molecule has 1 aliphatic rings. The second-order valence-electron chi connectivity index (χ2n) is 4.92. The lowest BCUT2D eigenvalue weighted by atomic mass is 10.1. The van der Waals surface area contributed by atoms with Crippen LogP contribution in [0.2, 0.25) is 5.02 Å². The van der Waals surface area contributed by atoms with E-state index in [4.69, 9.17) is 11.6 Å². The molecule has 1 aromatic carbocycles. The van der Waals surface area contributed by atoms with Crippen molar-refractivity contribution in [1.29, 1.82) is 0 Å². The van der Waals surface area contributed by atoms with E-state index in [9.17, 15) is 0 Å². The maximum absolute atomic E-state index is 5.88. The minimum atomic E-state index is 0. The number of hydrogen-bond acceptors (Lipinski definition) is 1. The molecule has 0 aliphatic heterocycles. The third-order valence-corrected chi connectivity index (χ3v) is 3.53. The molecule has 5 heteroatoms. The normalized spacial score (nSPS) is 14.9. The number of rotatable bonds is 5. The van der Waals surface area contributed by atoms with Gasteiger partial charge in [0.25, 0.3) is 0 Å². The van der Waals surface area contributed by atoms with Crippen molar-refractivity contribution in [3.63, 3.8) is 0 Å². The molecule has 2 N–H and O–H groups in total. The summed E-state index contributed by atoms with van der Waals surface area (Å²) in [6.07, 6.45) is 7.53. The molecule has 3 nitrogen and oxygen atoms in total. The topological polar surface area (TPSA) is 36.4 Å². The summed E-state index contributed by atoms with van der Waals surface area (Å²) >= 11 is 5.88. The van der Waals surface area contributed by atoms with Crippen molar-refractivity contribution >= 4 is 41.5 Å². The number of hydrogen-bond donors (Lipinski definition) is 2. The van der Waals surface area contributed by atoms with E-state index < -0.39 is 0 Å². The van der Waals surface area contributed by atoms with Gasteiger partial charge in [0.1, 0.15) is 0 Å². The van der Waals surface area contributed by atoms with Gasteiger partial charge in [0, 0.05) is 24.2 Å². The molecule has 0 spiro atoms. The van der Waals surface area contributed by atoms with Crippen LogP contribution in [0.4, 0.5) is 0 Å². The van der Waals surface area contributed by atoms with Gasteiger partial charge in [-0.1, -0.05) is 35.9 Å². The third-order valence-electron chi connectivity index (χ3n) is 3.28. The molecule has 1 aromatic rings. The SMILES string of the molecule is CCNC(=NCCc1ccc(Cl)cc1)NC1CC=CC1.I. The molecule has 0 heterocycles. The summed E-state index contributed by atoms with van der Waals surface area (Å²) in [7, 11) is 0. The standard InChI is InChI=1S/C16H22ClN3.HI/c1-2-18-16(20-15-5-3-4-6-15)19-12-11-13-7-9-14(17)10-8-13;/h3-4,7-10,15H,2,5-6,11-12H2,1H3,(H2,18,19,20);1H. The lowest BCUT2D eigenvalue weighted by Crippen LogP contribution is -2.42. The smallest absolute Gasteiger partial charge is 0.191 e. The highest BCUT2D eigenvalue weighted by molar-refractivity contribution is 14.0. The van der Waals surface area contributed by atoms with Gasteiger partial charge in [-0.05, 0) is 43.9 Å². The van der Waals surface area contributed by atoms with E-state index in [2.05, 4.69) is 46.8 Å². The minimum absolute atomic E-state index is 0. The Labute approximate surface area is 149 Å². The van der Waals surface area contributed by atoms with Gasteiger partial charge in [-0.3, -0.25) is 4.99 Å². The molecule has 0 bridgehead atoms. The Balaban J connectivity index is 0.00000220. The van der Waals surface area contributed by atoms with Crippen LogP contribution in [0.1, 0.15) is 25.3 Å². The van der Waals surface area contributed by atoms with Gasteiger partial charge in [-0.25, -0.2) is 0 Å². The Bertz CT molecular complexity index is 463. The molecule has 116 valence electrons. The highest BCUT2D eigenvalue weighted by Crippen LogP contribution is 2.10. The van der Waals surface area contributed by atoms with Gasteiger partial charge in [0.2, 0.25) is 0 Å². The number of benzene rings is 1. The second kappa shape index (κ2) is 10.1. The molecule has 21 heavy (non-hydrogen) atoms. The van der Waals surface area contributed by atoms with Crippen LogP contribution in [0, 0.1) is 0 Å². The molecule has 0 atom stereocenters. The van der Waals surface area contributed by atoms with Crippen LogP contribution in [0.3, 0.4) is 0 Å². The molecular weight excluding hydrogens is 397 g/mol. The Morgan fingerprint density at radius 1 is 1.24 bits per heavy atom. The van der Waals surface area contributed by atoms with Gasteiger partial charge in [0.15, 0.2) is 5.96 Å². The van der Waals surface area contributed by atoms with Gasteiger partial charge < -0.3 is 10.6 Å². The van der Waals surface area contributed by atoms with Crippen molar-refractivity contribution in [3.8, 4) is 0 Å². The molecule has 0 fully saturated rings. The summed E-state index contributed by atoms with van der Waals surface area (Å²) in [5.41, 5.74) is 1.26. The Kier molecular flexibility index (Phi) is 8.76.